The zero-order valence-corrected chi connectivity index (χ0v) is 15.9. The monoisotopic (exact) mass is 397 g/mol. The zero-order valence-electron chi connectivity index (χ0n) is 14.3. The molecule has 27 heavy (non-hydrogen) atoms. The molecule has 0 atom stereocenters. The second-order valence-corrected chi connectivity index (χ2v) is 7.75. The van der Waals surface area contributed by atoms with E-state index >= 15 is 0 Å². The van der Waals surface area contributed by atoms with Gasteiger partial charge in [-0.1, -0.05) is 35.2 Å². The number of nitrogens with one attached hydrogen (secondary N) is 2. The van der Waals surface area contributed by atoms with Crippen molar-refractivity contribution in [3.8, 4) is 5.75 Å². The van der Waals surface area contributed by atoms with Crippen LogP contribution in [0, 0.1) is 0 Å². The van der Waals surface area contributed by atoms with Gasteiger partial charge in [0.1, 0.15) is 11.6 Å². The van der Waals surface area contributed by atoms with E-state index in [-0.39, 0.29) is 5.91 Å². The van der Waals surface area contributed by atoms with E-state index in [1.165, 1.54) is 23.1 Å². The van der Waals surface area contributed by atoms with Crippen molar-refractivity contribution >= 4 is 45.2 Å². The Morgan fingerprint density at radius 3 is 2.78 bits per heavy atom. The van der Waals surface area contributed by atoms with Crippen LogP contribution in [0.1, 0.15) is 16.2 Å². The van der Waals surface area contributed by atoms with E-state index in [2.05, 4.69) is 25.5 Å². The molecule has 0 spiro atoms. The summed E-state index contributed by atoms with van der Waals surface area (Å²) in [5, 5.41) is 11.4. The third-order valence-corrected chi connectivity index (χ3v) is 5.73. The Morgan fingerprint density at radius 2 is 2.00 bits per heavy atom. The van der Waals surface area contributed by atoms with Gasteiger partial charge < -0.3 is 9.72 Å². The Bertz CT molecular complexity index is 1040. The molecular formula is C18H15N5O2S2. The number of rotatable bonds is 6. The summed E-state index contributed by atoms with van der Waals surface area (Å²) in [7, 11) is 1.58. The molecular weight excluding hydrogens is 382 g/mol. The molecule has 0 aliphatic rings. The van der Waals surface area contributed by atoms with E-state index in [1.54, 1.807) is 31.4 Å². The van der Waals surface area contributed by atoms with Crippen LogP contribution in [0.15, 0.2) is 52.9 Å². The summed E-state index contributed by atoms with van der Waals surface area (Å²) in [5.41, 5.74) is 2.48. The second kappa shape index (κ2) is 7.77. The van der Waals surface area contributed by atoms with E-state index in [4.69, 9.17) is 4.74 Å². The van der Waals surface area contributed by atoms with Gasteiger partial charge in [-0.25, -0.2) is 4.98 Å². The summed E-state index contributed by atoms with van der Waals surface area (Å²) in [6, 6.07) is 14.8. The highest BCUT2D eigenvalue weighted by Crippen LogP contribution is 2.28. The Hall–Kier alpha value is -2.91. The number of anilines is 1. The van der Waals surface area contributed by atoms with Crippen molar-refractivity contribution in [3.63, 3.8) is 0 Å². The molecule has 0 unspecified atom stereocenters. The minimum atomic E-state index is -0.234. The number of methoxy groups -OCH3 is 1. The molecule has 2 heterocycles. The van der Waals surface area contributed by atoms with Crippen molar-refractivity contribution in [2.45, 2.75) is 10.1 Å². The Balaban J connectivity index is 1.37. The maximum Gasteiger partial charge on any atom is 0.257 e. The summed E-state index contributed by atoms with van der Waals surface area (Å²) in [6.07, 6.45) is 0. The molecule has 2 aromatic carbocycles. The average Bonchev–Trinajstić information content (AvgIpc) is 3.32. The van der Waals surface area contributed by atoms with Gasteiger partial charge in [0.05, 0.1) is 23.9 Å². The van der Waals surface area contributed by atoms with Gasteiger partial charge >= 0.3 is 0 Å². The van der Waals surface area contributed by atoms with Crippen LogP contribution in [0.4, 0.5) is 5.13 Å². The highest BCUT2D eigenvalue weighted by atomic mass is 32.2. The molecule has 0 aliphatic heterocycles. The van der Waals surface area contributed by atoms with Gasteiger partial charge in [-0.2, -0.15) is 0 Å². The number of ether oxygens (including phenoxy) is 1. The fourth-order valence-corrected chi connectivity index (χ4v) is 4.05. The Kier molecular flexibility index (Phi) is 5.03. The number of aromatic amines is 1. The first-order valence-corrected chi connectivity index (χ1v) is 9.87. The highest BCUT2D eigenvalue weighted by molar-refractivity contribution is 8.00. The van der Waals surface area contributed by atoms with Crippen LogP contribution in [0.5, 0.6) is 5.75 Å². The van der Waals surface area contributed by atoms with Crippen LogP contribution in [0.3, 0.4) is 0 Å². The number of carbonyl (C=O) groups excluding carboxylic acids is 1. The molecule has 0 saturated heterocycles. The molecule has 136 valence electrons. The van der Waals surface area contributed by atoms with Crippen LogP contribution in [-0.2, 0) is 5.75 Å². The van der Waals surface area contributed by atoms with Crippen molar-refractivity contribution in [1.82, 2.24) is 20.2 Å². The van der Waals surface area contributed by atoms with Crippen molar-refractivity contribution in [3.05, 3.63) is 59.9 Å². The first-order valence-electron chi connectivity index (χ1n) is 8.06. The summed E-state index contributed by atoms with van der Waals surface area (Å²) in [6.45, 7) is 0. The smallest absolute Gasteiger partial charge is 0.257 e. The largest absolute Gasteiger partial charge is 0.497 e. The third-order valence-electron chi connectivity index (χ3n) is 3.75. The molecule has 2 aromatic heterocycles. The van der Waals surface area contributed by atoms with Gasteiger partial charge in [0.25, 0.3) is 5.91 Å². The fraction of sp³-hybridized carbons (Fsp3) is 0.111. The number of imidazole rings is 1. The number of thioether (sulfide) groups is 1. The standard InChI is InChI=1S/C18H15N5O2S2/c1-25-12-8-6-11(7-9-12)16(24)21-17-22-23-18(27-17)26-10-15-19-13-4-2-3-5-14(13)20-15/h2-9H,10H2,1H3,(H,19,20)(H,21,22,24). The van der Waals surface area contributed by atoms with Crippen molar-refractivity contribution in [1.29, 1.82) is 0 Å². The van der Waals surface area contributed by atoms with Gasteiger partial charge in [0.2, 0.25) is 5.13 Å². The number of nitrogens with zero attached hydrogens (tertiary/aromatic N) is 3. The normalized spacial score (nSPS) is 10.9. The number of hydrogen-bond acceptors (Lipinski definition) is 7. The number of carbonyl (C=O) groups is 1. The summed E-state index contributed by atoms with van der Waals surface area (Å²) >= 11 is 2.85. The molecule has 0 radical (unpaired) electrons. The Morgan fingerprint density at radius 1 is 1.19 bits per heavy atom. The van der Waals surface area contributed by atoms with Crippen molar-refractivity contribution in [2.24, 2.45) is 0 Å². The van der Waals surface area contributed by atoms with Crippen LogP contribution in [0.2, 0.25) is 0 Å². The van der Waals surface area contributed by atoms with Gasteiger partial charge in [-0.15, -0.1) is 10.2 Å². The quantitative estimate of drug-likeness (QED) is 0.378. The van der Waals surface area contributed by atoms with E-state index < -0.39 is 0 Å². The van der Waals surface area contributed by atoms with Gasteiger partial charge in [-0.3, -0.25) is 10.1 Å². The number of aromatic nitrogens is 4. The molecule has 0 aliphatic carbocycles. The van der Waals surface area contributed by atoms with E-state index in [1.807, 2.05) is 24.3 Å². The van der Waals surface area contributed by atoms with Crippen LogP contribution >= 0.6 is 23.1 Å². The third kappa shape index (κ3) is 4.09. The molecule has 0 bridgehead atoms. The summed E-state index contributed by atoms with van der Waals surface area (Å²) in [5.74, 6) is 1.99. The predicted molar refractivity (Wildman–Crippen MR) is 107 cm³/mol. The first-order chi connectivity index (χ1) is 13.2. The minimum Gasteiger partial charge on any atom is -0.497 e. The molecule has 0 fully saturated rings. The van der Waals surface area contributed by atoms with E-state index in [9.17, 15) is 4.79 Å². The van der Waals surface area contributed by atoms with E-state index in [0.717, 1.165) is 21.2 Å². The predicted octanol–water partition coefficient (Wildman–Crippen LogP) is 3.97. The van der Waals surface area contributed by atoms with Gasteiger partial charge in [0.15, 0.2) is 4.34 Å². The lowest BCUT2D eigenvalue weighted by molar-refractivity contribution is 0.102. The van der Waals surface area contributed by atoms with Crippen LogP contribution in [-0.4, -0.2) is 33.2 Å². The number of benzene rings is 2. The van der Waals surface area contributed by atoms with Gasteiger partial charge in [0, 0.05) is 5.56 Å². The fourth-order valence-electron chi connectivity index (χ4n) is 2.43. The average molecular weight is 397 g/mol. The van der Waals surface area contributed by atoms with E-state index in [0.29, 0.717) is 22.2 Å². The lowest BCUT2D eigenvalue weighted by Gasteiger charge is -2.02. The molecule has 7 nitrogen and oxygen atoms in total. The molecule has 2 N–H and O–H groups in total. The van der Waals surface area contributed by atoms with Crippen LogP contribution in [0.25, 0.3) is 11.0 Å². The van der Waals surface area contributed by atoms with Crippen molar-refractivity contribution < 1.29 is 9.53 Å². The van der Waals surface area contributed by atoms with Crippen molar-refractivity contribution in [2.75, 3.05) is 12.4 Å². The summed E-state index contributed by atoms with van der Waals surface area (Å²) in [4.78, 5) is 20.1. The van der Waals surface area contributed by atoms with Crippen LogP contribution < -0.4 is 10.1 Å². The number of amides is 1. The lowest BCUT2D eigenvalue weighted by atomic mass is 10.2. The Labute approximate surface area is 163 Å². The molecule has 4 rings (SSSR count). The topological polar surface area (TPSA) is 92.8 Å². The maximum atomic E-state index is 12.3. The maximum absolute atomic E-state index is 12.3. The number of hydrogen-bond donors (Lipinski definition) is 2. The molecule has 9 heteroatoms. The number of H-pyrrole nitrogens is 1. The number of fused-ring (bicyclic) bond motifs is 1. The molecule has 1 amide bonds. The SMILES string of the molecule is COc1ccc(C(=O)Nc2nnc(SCc3nc4ccccc4[nH]3)s2)cc1. The zero-order chi connectivity index (χ0) is 18.6. The second-order valence-electron chi connectivity index (χ2n) is 5.55. The molecule has 0 saturated carbocycles. The minimum absolute atomic E-state index is 0.234. The first kappa shape index (κ1) is 17.5. The lowest BCUT2D eigenvalue weighted by Crippen LogP contribution is -2.11. The summed E-state index contributed by atoms with van der Waals surface area (Å²) < 4.78 is 5.86. The highest BCUT2D eigenvalue weighted by Gasteiger charge is 2.11. The molecule has 4 aromatic rings. The van der Waals surface area contributed by atoms with Gasteiger partial charge in [-0.05, 0) is 36.4 Å². The number of para-hydroxylation sites is 2.